The van der Waals surface area contributed by atoms with Crippen LogP contribution in [0.25, 0.3) is 0 Å². The summed E-state index contributed by atoms with van der Waals surface area (Å²) in [5.74, 6) is 0. The summed E-state index contributed by atoms with van der Waals surface area (Å²) >= 11 is 0. The Hall–Kier alpha value is -1.72. The molecule has 0 amide bonds. The summed E-state index contributed by atoms with van der Waals surface area (Å²) < 4.78 is 0. The van der Waals surface area contributed by atoms with Crippen LogP contribution in [0.15, 0.2) is 54.6 Å². The van der Waals surface area contributed by atoms with Crippen LogP contribution in [0.4, 0.5) is 0 Å². The van der Waals surface area contributed by atoms with E-state index in [1.807, 2.05) is 54.6 Å². The molecule has 0 fully saturated rings. The lowest BCUT2D eigenvalue weighted by molar-refractivity contribution is 0.108. The van der Waals surface area contributed by atoms with Gasteiger partial charge < -0.3 is 21.3 Å². The van der Waals surface area contributed by atoms with E-state index in [4.69, 9.17) is 5.73 Å². The second kappa shape index (κ2) is 7.23. The highest BCUT2D eigenvalue weighted by Gasteiger charge is 2.31. The molecule has 0 spiro atoms. The topological polar surface area (TPSA) is 78.5 Å². The summed E-state index contributed by atoms with van der Waals surface area (Å²) in [7, 11) is 0. The zero-order chi connectivity index (χ0) is 16.2. The zero-order valence-electron chi connectivity index (χ0n) is 13.1. The van der Waals surface area contributed by atoms with E-state index in [0.717, 1.165) is 11.1 Å². The molecule has 0 unspecified atom stereocenters. The third-order valence-corrected chi connectivity index (χ3v) is 4.56. The van der Waals surface area contributed by atoms with Crippen LogP contribution < -0.4 is 11.1 Å². The normalized spacial score (nSPS) is 22.6. The van der Waals surface area contributed by atoms with E-state index in [1.165, 1.54) is 5.56 Å². The molecule has 23 heavy (non-hydrogen) atoms. The molecule has 4 atom stereocenters. The third kappa shape index (κ3) is 3.79. The molecule has 3 rings (SSSR count). The van der Waals surface area contributed by atoms with Gasteiger partial charge in [-0.1, -0.05) is 54.6 Å². The molecule has 2 aromatic carbocycles. The number of rotatable bonds is 6. The summed E-state index contributed by atoms with van der Waals surface area (Å²) in [4.78, 5) is 0. The average molecular weight is 312 g/mol. The molecule has 0 aromatic heterocycles. The van der Waals surface area contributed by atoms with Crippen molar-refractivity contribution < 1.29 is 10.2 Å². The Morgan fingerprint density at radius 1 is 1.09 bits per heavy atom. The quantitative estimate of drug-likeness (QED) is 0.645. The number of hydrogen-bond acceptors (Lipinski definition) is 4. The Labute approximate surface area is 137 Å². The fraction of sp³-hybridized carbons (Fsp3) is 0.368. The highest BCUT2D eigenvalue weighted by molar-refractivity contribution is 5.36. The Balaban J connectivity index is 1.55. The Morgan fingerprint density at radius 3 is 2.57 bits per heavy atom. The van der Waals surface area contributed by atoms with E-state index in [2.05, 4.69) is 5.32 Å². The second-order valence-electron chi connectivity index (χ2n) is 6.28. The summed E-state index contributed by atoms with van der Waals surface area (Å²) in [5, 5.41) is 23.8. The molecule has 0 radical (unpaired) electrons. The average Bonchev–Trinajstić information content (AvgIpc) is 2.88. The first-order valence-electron chi connectivity index (χ1n) is 8.12. The van der Waals surface area contributed by atoms with Gasteiger partial charge in [-0.15, -0.1) is 0 Å². The smallest absolute Gasteiger partial charge is 0.0818 e. The lowest BCUT2D eigenvalue weighted by Gasteiger charge is -2.23. The number of aliphatic hydroxyl groups excluding tert-OH is 2. The van der Waals surface area contributed by atoms with Gasteiger partial charge in [-0.25, -0.2) is 0 Å². The number of benzene rings is 2. The molecule has 0 bridgehead atoms. The molecule has 122 valence electrons. The van der Waals surface area contributed by atoms with Crippen molar-refractivity contribution in [3.8, 4) is 0 Å². The van der Waals surface area contributed by atoms with E-state index < -0.39 is 12.2 Å². The number of hydrogen-bond donors (Lipinski definition) is 4. The molecule has 1 aliphatic carbocycles. The van der Waals surface area contributed by atoms with Crippen LogP contribution in [-0.2, 0) is 12.8 Å². The lowest BCUT2D eigenvalue weighted by Crippen LogP contribution is -2.45. The Morgan fingerprint density at radius 2 is 1.78 bits per heavy atom. The predicted molar refractivity (Wildman–Crippen MR) is 91.0 cm³/mol. The van der Waals surface area contributed by atoms with Crippen LogP contribution in [0.2, 0.25) is 0 Å². The third-order valence-electron chi connectivity index (χ3n) is 4.56. The van der Waals surface area contributed by atoms with Gasteiger partial charge in [0.1, 0.15) is 0 Å². The zero-order valence-corrected chi connectivity index (χ0v) is 13.1. The summed E-state index contributed by atoms with van der Waals surface area (Å²) in [5.41, 5.74) is 9.51. The number of nitrogens with one attached hydrogen (secondary N) is 1. The molecule has 0 saturated heterocycles. The first-order chi connectivity index (χ1) is 11.1. The highest BCUT2D eigenvalue weighted by atomic mass is 16.3. The SMILES string of the molecule is N[C@@H](Cc1ccccc1)[C@H](O)CN[C@@H]1c2ccccc2C[C@@H]1O. The predicted octanol–water partition coefficient (Wildman–Crippen LogP) is 1.17. The van der Waals surface area contributed by atoms with Gasteiger partial charge >= 0.3 is 0 Å². The Bertz CT molecular complexity index is 632. The van der Waals surface area contributed by atoms with Gasteiger partial charge in [-0.3, -0.25) is 0 Å². The number of aliphatic hydroxyl groups is 2. The van der Waals surface area contributed by atoms with Crippen molar-refractivity contribution in [3.05, 3.63) is 71.3 Å². The summed E-state index contributed by atoms with van der Waals surface area (Å²) in [6, 6.07) is 17.5. The molecule has 4 nitrogen and oxygen atoms in total. The highest BCUT2D eigenvalue weighted by Crippen LogP contribution is 2.31. The van der Waals surface area contributed by atoms with Crippen molar-refractivity contribution in [1.29, 1.82) is 0 Å². The minimum absolute atomic E-state index is 0.134. The van der Waals surface area contributed by atoms with Crippen LogP contribution in [0, 0.1) is 0 Å². The van der Waals surface area contributed by atoms with Crippen LogP contribution >= 0.6 is 0 Å². The molecule has 0 saturated carbocycles. The molecule has 0 heterocycles. The largest absolute Gasteiger partial charge is 0.391 e. The molecule has 2 aromatic rings. The van der Waals surface area contributed by atoms with Crippen LogP contribution in [0.1, 0.15) is 22.7 Å². The lowest BCUT2D eigenvalue weighted by atomic mass is 10.0. The van der Waals surface area contributed by atoms with E-state index in [1.54, 1.807) is 0 Å². The van der Waals surface area contributed by atoms with E-state index in [0.29, 0.717) is 19.4 Å². The van der Waals surface area contributed by atoms with E-state index in [9.17, 15) is 10.2 Å². The van der Waals surface area contributed by atoms with Gasteiger partial charge in [0.05, 0.1) is 18.2 Å². The molecule has 5 N–H and O–H groups in total. The van der Waals surface area contributed by atoms with Crippen LogP contribution in [0.5, 0.6) is 0 Å². The second-order valence-corrected chi connectivity index (χ2v) is 6.28. The van der Waals surface area contributed by atoms with Crippen molar-refractivity contribution in [2.24, 2.45) is 5.73 Å². The maximum Gasteiger partial charge on any atom is 0.0818 e. The number of fused-ring (bicyclic) bond motifs is 1. The summed E-state index contributed by atoms with van der Waals surface area (Å²) in [6.45, 7) is 0.365. The Kier molecular flexibility index (Phi) is 5.08. The monoisotopic (exact) mass is 312 g/mol. The molecular formula is C19H24N2O2. The molecule has 4 heteroatoms. The standard InChI is InChI=1S/C19H24N2O2/c20-16(10-13-6-2-1-3-7-13)18(23)12-21-19-15-9-5-4-8-14(15)11-17(19)22/h1-9,16-19,21-23H,10-12,20H2/t16-,17-,18+,19+/m0/s1. The van der Waals surface area contributed by atoms with Gasteiger partial charge in [0.2, 0.25) is 0 Å². The maximum atomic E-state index is 10.3. The van der Waals surface area contributed by atoms with Crippen LogP contribution in [0.3, 0.4) is 0 Å². The van der Waals surface area contributed by atoms with Gasteiger partial charge in [0.25, 0.3) is 0 Å². The van der Waals surface area contributed by atoms with Gasteiger partial charge in [-0.2, -0.15) is 0 Å². The maximum absolute atomic E-state index is 10.3. The molecule has 1 aliphatic rings. The van der Waals surface area contributed by atoms with Crippen LogP contribution in [-0.4, -0.2) is 35.0 Å². The van der Waals surface area contributed by atoms with Crippen molar-refractivity contribution in [2.75, 3.05) is 6.54 Å². The first kappa shape index (κ1) is 16.1. The molecule has 0 aliphatic heterocycles. The number of nitrogens with two attached hydrogens (primary N) is 1. The molecular weight excluding hydrogens is 288 g/mol. The van der Waals surface area contributed by atoms with Crippen molar-refractivity contribution in [3.63, 3.8) is 0 Å². The van der Waals surface area contributed by atoms with E-state index in [-0.39, 0.29) is 12.1 Å². The minimum atomic E-state index is -0.657. The van der Waals surface area contributed by atoms with Crippen molar-refractivity contribution >= 4 is 0 Å². The fourth-order valence-corrected chi connectivity index (χ4v) is 3.24. The minimum Gasteiger partial charge on any atom is -0.391 e. The first-order valence-corrected chi connectivity index (χ1v) is 8.12. The van der Waals surface area contributed by atoms with Crippen molar-refractivity contribution in [1.82, 2.24) is 5.32 Å². The summed E-state index contributed by atoms with van der Waals surface area (Å²) in [6.07, 6.45) is 0.174. The fourth-order valence-electron chi connectivity index (χ4n) is 3.24. The van der Waals surface area contributed by atoms with Crippen molar-refractivity contribution in [2.45, 2.75) is 37.1 Å². The van der Waals surface area contributed by atoms with E-state index >= 15 is 0 Å². The van der Waals surface area contributed by atoms with Gasteiger partial charge in [-0.05, 0) is 23.1 Å². The van der Waals surface area contributed by atoms with Gasteiger partial charge in [0.15, 0.2) is 0 Å². The van der Waals surface area contributed by atoms with Gasteiger partial charge in [0, 0.05) is 19.0 Å².